The van der Waals surface area contributed by atoms with Crippen molar-refractivity contribution in [3.63, 3.8) is 0 Å². The predicted octanol–water partition coefficient (Wildman–Crippen LogP) is 0.768. The fourth-order valence-corrected chi connectivity index (χ4v) is 0.641. The van der Waals surface area contributed by atoms with Crippen LogP contribution in [0.1, 0.15) is 13.3 Å². The van der Waals surface area contributed by atoms with Crippen molar-refractivity contribution in [1.29, 1.82) is 0 Å². The molecule has 1 N–H and O–H groups in total. The van der Waals surface area contributed by atoms with Gasteiger partial charge in [-0.3, -0.25) is 4.79 Å². The molecule has 0 unspecified atom stereocenters. The molecule has 0 saturated carbocycles. The zero-order chi connectivity index (χ0) is 8.53. The monoisotopic (exact) mass is 179 g/mol. The summed E-state index contributed by atoms with van der Waals surface area (Å²) in [4.78, 5) is 10.8. The Morgan fingerprint density at radius 3 is 2.91 bits per heavy atom. The molecule has 0 heterocycles. The van der Waals surface area contributed by atoms with Gasteiger partial charge >= 0.3 is 0 Å². The van der Waals surface area contributed by atoms with Crippen LogP contribution in [0.4, 0.5) is 0 Å². The molecule has 0 rings (SSSR count). The molecule has 4 heteroatoms. The summed E-state index contributed by atoms with van der Waals surface area (Å²) in [6, 6.07) is 0. The highest BCUT2D eigenvalue weighted by Crippen LogP contribution is 1.79. The Hall–Kier alpha value is -0.280. The van der Waals surface area contributed by atoms with Crippen LogP contribution >= 0.6 is 11.6 Å². The van der Waals surface area contributed by atoms with Crippen LogP contribution in [0, 0.1) is 0 Å². The van der Waals surface area contributed by atoms with Gasteiger partial charge in [0.1, 0.15) is 6.61 Å². The molecular formula is C7H14ClNO2. The van der Waals surface area contributed by atoms with Crippen LogP contribution in [0.3, 0.4) is 0 Å². The third-order valence-electron chi connectivity index (χ3n) is 0.998. The van der Waals surface area contributed by atoms with Crippen LogP contribution < -0.4 is 5.32 Å². The highest BCUT2D eigenvalue weighted by molar-refractivity contribution is 6.18. The molecule has 0 aromatic carbocycles. The summed E-state index contributed by atoms with van der Waals surface area (Å²) >= 11 is 5.35. The molecule has 3 nitrogen and oxygen atoms in total. The quantitative estimate of drug-likeness (QED) is 0.483. The lowest BCUT2D eigenvalue weighted by Gasteiger charge is -2.02. The summed E-state index contributed by atoms with van der Waals surface area (Å²) in [5, 5.41) is 2.60. The summed E-state index contributed by atoms with van der Waals surface area (Å²) in [5.41, 5.74) is 0. The zero-order valence-corrected chi connectivity index (χ0v) is 7.49. The van der Waals surface area contributed by atoms with Crippen molar-refractivity contribution < 1.29 is 9.53 Å². The summed E-state index contributed by atoms with van der Waals surface area (Å²) in [6.45, 7) is 3.28. The van der Waals surface area contributed by atoms with Crippen LogP contribution in [0.2, 0.25) is 0 Å². The number of hydrogen-bond acceptors (Lipinski definition) is 2. The first-order valence-corrected chi connectivity index (χ1v) is 4.25. The Morgan fingerprint density at radius 1 is 1.64 bits per heavy atom. The number of rotatable bonds is 6. The van der Waals surface area contributed by atoms with E-state index in [1.165, 1.54) is 0 Å². The van der Waals surface area contributed by atoms with E-state index in [1.807, 2.05) is 6.92 Å². The Bertz CT molecular complexity index is 109. The first-order valence-electron chi connectivity index (χ1n) is 3.71. The SMILES string of the molecule is CCCOCC(=O)NCCCl. The molecule has 0 aliphatic carbocycles. The van der Waals surface area contributed by atoms with E-state index in [0.29, 0.717) is 19.0 Å². The fourth-order valence-electron chi connectivity index (χ4n) is 0.547. The lowest BCUT2D eigenvalue weighted by molar-refractivity contribution is -0.125. The average molecular weight is 180 g/mol. The second-order valence-electron chi connectivity index (χ2n) is 2.09. The Balaban J connectivity index is 3.09. The second-order valence-corrected chi connectivity index (χ2v) is 2.47. The molecule has 0 fully saturated rings. The Labute approximate surface area is 72.1 Å². The molecule has 0 saturated heterocycles. The molecule has 0 aromatic rings. The highest BCUT2D eigenvalue weighted by atomic mass is 35.5. The van der Waals surface area contributed by atoms with E-state index in [1.54, 1.807) is 0 Å². The summed E-state index contributed by atoms with van der Waals surface area (Å²) in [6.07, 6.45) is 0.933. The van der Waals surface area contributed by atoms with E-state index in [0.717, 1.165) is 6.42 Å². The molecule has 0 bridgehead atoms. The molecule has 0 radical (unpaired) electrons. The molecule has 0 aliphatic rings. The lowest BCUT2D eigenvalue weighted by atomic mass is 10.5. The standard InChI is InChI=1S/C7H14ClNO2/c1-2-5-11-6-7(10)9-4-3-8/h2-6H2,1H3,(H,9,10). The van der Waals surface area contributed by atoms with E-state index in [9.17, 15) is 4.79 Å². The number of amides is 1. The van der Waals surface area contributed by atoms with Gasteiger partial charge in [0.25, 0.3) is 0 Å². The van der Waals surface area contributed by atoms with Crippen molar-refractivity contribution in [3.05, 3.63) is 0 Å². The summed E-state index contributed by atoms with van der Waals surface area (Å²) in [7, 11) is 0. The first-order chi connectivity index (χ1) is 5.31. The third kappa shape index (κ3) is 7.62. The molecular weight excluding hydrogens is 166 g/mol. The topological polar surface area (TPSA) is 38.3 Å². The normalized spacial score (nSPS) is 9.64. The van der Waals surface area contributed by atoms with Gasteiger partial charge in [-0.25, -0.2) is 0 Å². The van der Waals surface area contributed by atoms with Crippen molar-refractivity contribution in [3.8, 4) is 0 Å². The molecule has 0 atom stereocenters. The summed E-state index contributed by atoms with van der Waals surface area (Å²) in [5.74, 6) is 0.346. The largest absolute Gasteiger partial charge is 0.372 e. The molecule has 11 heavy (non-hydrogen) atoms. The van der Waals surface area contributed by atoms with Gasteiger partial charge in [-0.05, 0) is 6.42 Å². The second kappa shape index (κ2) is 7.82. The number of carbonyl (C=O) groups excluding carboxylic acids is 1. The zero-order valence-electron chi connectivity index (χ0n) is 6.73. The van der Waals surface area contributed by atoms with E-state index >= 15 is 0 Å². The van der Waals surface area contributed by atoms with E-state index in [-0.39, 0.29) is 12.5 Å². The van der Waals surface area contributed by atoms with E-state index in [2.05, 4.69) is 5.32 Å². The minimum Gasteiger partial charge on any atom is -0.372 e. The maximum absolute atomic E-state index is 10.8. The predicted molar refractivity (Wildman–Crippen MR) is 44.8 cm³/mol. The van der Waals surface area contributed by atoms with Crippen LogP contribution in [-0.2, 0) is 9.53 Å². The molecule has 0 aromatic heterocycles. The van der Waals surface area contributed by atoms with E-state index < -0.39 is 0 Å². The van der Waals surface area contributed by atoms with Crippen LogP contribution in [0.25, 0.3) is 0 Å². The van der Waals surface area contributed by atoms with Gasteiger partial charge in [-0.2, -0.15) is 0 Å². The Kier molecular flexibility index (Phi) is 7.62. The Morgan fingerprint density at radius 2 is 2.36 bits per heavy atom. The maximum atomic E-state index is 10.8. The maximum Gasteiger partial charge on any atom is 0.246 e. The van der Waals surface area contributed by atoms with Crippen molar-refractivity contribution in [1.82, 2.24) is 5.32 Å². The number of halogens is 1. The van der Waals surface area contributed by atoms with Gasteiger partial charge < -0.3 is 10.1 Å². The molecule has 0 aliphatic heterocycles. The average Bonchev–Trinajstić information content (AvgIpc) is 2.01. The lowest BCUT2D eigenvalue weighted by Crippen LogP contribution is -2.29. The number of nitrogens with one attached hydrogen (secondary N) is 1. The molecule has 66 valence electrons. The highest BCUT2D eigenvalue weighted by Gasteiger charge is 1.97. The number of carbonyl (C=O) groups is 1. The molecule has 0 spiro atoms. The number of hydrogen-bond donors (Lipinski definition) is 1. The van der Waals surface area contributed by atoms with Crippen LogP contribution in [0.15, 0.2) is 0 Å². The van der Waals surface area contributed by atoms with Gasteiger partial charge in [0.2, 0.25) is 5.91 Å². The summed E-state index contributed by atoms with van der Waals surface area (Å²) < 4.78 is 4.99. The first kappa shape index (κ1) is 10.7. The van der Waals surface area contributed by atoms with Gasteiger partial charge in [0.05, 0.1) is 0 Å². The molecule has 1 amide bonds. The van der Waals surface area contributed by atoms with Crippen LogP contribution in [-0.4, -0.2) is 31.5 Å². The number of alkyl halides is 1. The van der Waals surface area contributed by atoms with Crippen molar-refractivity contribution >= 4 is 17.5 Å². The van der Waals surface area contributed by atoms with Gasteiger partial charge in [-0.1, -0.05) is 6.92 Å². The van der Waals surface area contributed by atoms with Crippen molar-refractivity contribution in [2.75, 3.05) is 25.6 Å². The van der Waals surface area contributed by atoms with E-state index in [4.69, 9.17) is 16.3 Å². The smallest absolute Gasteiger partial charge is 0.246 e. The van der Waals surface area contributed by atoms with Crippen LogP contribution in [0.5, 0.6) is 0 Å². The minimum atomic E-state index is -0.0981. The fraction of sp³-hybridized carbons (Fsp3) is 0.857. The van der Waals surface area contributed by atoms with Crippen molar-refractivity contribution in [2.45, 2.75) is 13.3 Å². The third-order valence-corrected chi connectivity index (χ3v) is 1.19. The minimum absolute atomic E-state index is 0.0981. The van der Waals surface area contributed by atoms with Gasteiger partial charge in [0.15, 0.2) is 0 Å². The number of ether oxygens (including phenoxy) is 1. The van der Waals surface area contributed by atoms with Gasteiger partial charge in [-0.15, -0.1) is 11.6 Å². The van der Waals surface area contributed by atoms with Gasteiger partial charge in [0, 0.05) is 19.0 Å². The van der Waals surface area contributed by atoms with Crippen molar-refractivity contribution in [2.24, 2.45) is 0 Å².